The van der Waals surface area contributed by atoms with Gasteiger partial charge < -0.3 is 15.5 Å². The third-order valence-electron chi connectivity index (χ3n) is 3.44. The summed E-state index contributed by atoms with van der Waals surface area (Å²) in [5, 5.41) is 5.83. The summed E-state index contributed by atoms with van der Waals surface area (Å²) in [5.74, 6) is -0.0526. The fraction of sp³-hybridized carbons (Fsp3) is 0.846. The van der Waals surface area contributed by atoms with Crippen LogP contribution in [0.2, 0.25) is 0 Å². The van der Waals surface area contributed by atoms with Crippen LogP contribution in [-0.4, -0.2) is 49.4 Å². The number of likely N-dealkylation sites (tertiary alicyclic amines) is 1. The second kappa shape index (κ2) is 9.15. The minimum absolute atomic E-state index is 0. The predicted molar refractivity (Wildman–Crippen MR) is 78.4 cm³/mol. The van der Waals surface area contributed by atoms with Gasteiger partial charge in [-0.25, -0.2) is 0 Å². The minimum atomic E-state index is -0.173. The lowest BCUT2D eigenvalue weighted by molar-refractivity contribution is -0.130. The maximum absolute atomic E-state index is 11.9. The molecule has 2 unspecified atom stereocenters. The van der Waals surface area contributed by atoms with E-state index in [2.05, 4.69) is 24.5 Å². The SMILES string of the molecule is CCCC(C)N1CC(C(=O)NCCNC)CC1=O.Cl. The van der Waals surface area contributed by atoms with Gasteiger partial charge in [0.05, 0.1) is 5.92 Å². The Kier molecular flexibility index (Phi) is 8.76. The summed E-state index contributed by atoms with van der Waals surface area (Å²) in [6, 6.07) is 0.248. The molecule has 1 fully saturated rings. The standard InChI is InChI=1S/C13H25N3O2.ClH/c1-4-5-10(2)16-9-11(8-12(16)17)13(18)15-7-6-14-3;/h10-11,14H,4-9H2,1-3H3,(H,15,18);1H. The number of carbonyl (C=O) groups is 2. The Hall–Kier alpha value is -0.810. The van der Waals surface area contributed by atoms with E-state index in [1.54, 1.807) is 0 Å². The number of nitrogens with zero attached hydrogens (tertiary/aromatic N) is 1. The molecular weight excluding hydrogens is 266 g/mol. The largest absolute Gasteiger partial charge is 0.355 e. The van der Waals surface area contributed by atoms with Crippen LogP contribution in [-0.2, 0) is 9.59 Å². The van der Waals surface area contributed by atoms with Gasteiger partial charge in [-0.2, -0.15) is 0 Å². The van der Waals surface area contributed by atoms with Crippen LogP contribution in [0.1, 0.15) is 33.1 Å². The Balaban J connectivity index is 0.00000324. The molecule has 1 aliphatic rings. The van der Waals surface area contributed by atoms with Crippen molar-refractivity contribution < 1.29 is 9.59 Å². The highest BCUT2D eigenvalue weighted by molar-refractivity contribution is 5.89. The monoisotopic (exact) mass is 291 g/mol. The smallest absolute Gasteiger partial charge is 0.225 e. The maximum Gasteiger partial charge on any atom is 0.225 e. The lowest BCUT2D eigenvalue weighted by atomic mass is 10.1. The molecule has 2 atom stereocenters. The Bertz CT molecular complexity index is 300. The molecule has 2 amide bonds. The fourth-order valence-electron chi connectivity index (χ4n) is 2.36. The van der Waals surface area contributed by atoms with E-state index in [4.69, 9.17) is 0 Å². The first-order valence-corrected chi connectivity index (χ1v) is 6.81. The molecule has 0 aromatic heterocycles. The number of hydrogen-bond acceptors (Lipinski definition) is 3. The van der Waals surface area contributed by atoms with Gasteiger partial charge in [0.2, 0.25) is 11.8 Å². The Morgan fingerprint density at radius 1 is 1.47 bits per heavy atom. The van der Waals surface area contributed by atoms with E-state index < -0.39 is 0 Å². The van der Waals surface area contributed by atoms with Crippen molar-refractivity contribution in [2.75, 3.05) is 26.7 Å². The molecule has 0 aromatic carbocycles. The van der Waals surface area contributed by atoms with Gasteiger partial charge in [-0.05, 0) is 20.4 Å². The van der Waals surface area contributed by atoms with Crippen molar-refractivity contribution in [3.63, 3.8) is 0 Å². The van der Waals surface area contributed by atoms with Gasteiger partial charge in [-0.15, -0.1) is 12.4 Å². The second-order valence-electron chi connectivity index (χ2n) is 4.98. The van der Waals surface area contributed by atoms with E-state index in [0.717, 1.165) is 19.4 Å². The lowest BCUT2D eigenvalue weighted by Crippen LogP contribution is -2.38. The number of halogens is 1. The van der Waals surface area contributed by atoms with Crippen molar-refractivity contribution in [2.45, 2.75) is 39.2 Å². The summed E-state index contributed by atoms with van der Waals surface area (Å²) in [6.07, 6.45) is 2.42. The molecule has 112 valence electrons. The Labute approximate surface area is 121 Å². The summed E-state index contributed by atoms with van der Waals surface area (Å²) >= 11 is 0. The summed E-state index contributed by atoms with van der Waals surface area (Å²) in [6.45, 7) is 6.11. The van der Waals surface area contributed by atoms with E-state index in [9.17, 15) is 9.59 Å². The van der Waals surface area contributed by atoms with Crippen molar-refractivity contribution in [2.24, 2.45) is 5.92 Å². The third-order valence-corrected chi connectivity index (χ3v) is 3.44. The summed E-state index contributed by atoms with van der Waals surface area (Å²) in [4.78, 5) is 25.6. The van der Waals surface area contributed by atoms with Crippen LogP contribution in [0.3, 0.4) is 0 Å². The van der Waals surface area contributed by atoms with E-state index in [1.807, 2.05) is 11.9 Å². The van der Waals surface area contributed by atoms with Crippen LogP contribution in [0.15, 0.2) is 0 Å². The molecular formula is C13H26ClN3O2. The zero-order valence-corrected chi connectivity index (χ0v) is 12.9. The molecule has 0 spiro atoms. The van der Waals surface area contributed by atoms with Gasteiger partial charge in [0.1, 0.15) is 0 Å². The Morgan fingerprint density at radius 3 is 2.74 bits per heavy atom. The number of nitrogens with one attached hydrogen (secondary N) is 2. The van der Waals surface area contributed by atoms with Crippen molar-refractivity contribution in [1.82, 2.24) is 15.5 Å². The third kappa shape index (κ3) is 5.37. The normalized spacial score (nSPS) is 20.1. The number of likely N-dealkylation sites (N-methyl/N-ethyl adjacent to an activating group) is 1. The molecule has 0 bridgehead atoms. The average Bonchev–Trinajstić information content (AvgIpc) is 2.72. The number of amides is 2. The van der Waals surface area contributed by atoms with Gasteiger partial charge in [0, 0.05) is 32.1 Å². The van der Waals surface area contributed by atoms with Crippen LogP contribution in [0.5, 0.6) is 0 Å². The second-order valence-corrected chi connectivity index (χ2v) is 4.98. The van der Waals surface area contributed by atoms with Crippen LogP contribution >= 0.6 is 12.4 Å². The molecule has 1 rings (SSSR count). The highest BCUT2D eigenvalue weighted by atomic mass is 35.5. The molecule has 6 heteroatoms. The van der Waals surface area contributed by atoms with Crippen LogP contribution in [0.4, 0.5) is 0 Å². The first-order valence-electron chi connectivity index (χ1n) is 6.81. The minimum Gasteiger partial charge on any atom is -0.355 e. The molecule has 0 radical (unpaired) electrons. The highest BCUT2D eigenvalue weighted by Crippen LogP contribution is 2.22. The van der Waals surface area contributed by atoms with Gasteiger partial charge in [-0.3, -0.25) is 9.59 Å². The highest BCUT2D eigenvalue weighted by Gasteiger charge is 2.35. The number of hydrogen-bond donors (Lipinski definition) is 2. The molecule has 1 aliphatic heterocycles. The molecule has 1 heterocycles. The Morgan fingerprint density at radius 2 is 2.16 bits per heavy atom. The summed E-state index contributed by atoms with van der Waals surface area (Å²) < 4.78 is 0. The molecule has 1 saturated heterocycles. The summed E-state index contributed by atoms with van der Waals surface area (Å²) in [7, 11) is 1.85. The van der Waals surface area contributed by atoms with E-state index >= 15 is 0 Å². The maximum atomic E-state index is 11.9. The van der Waals surface area contributed by atoms with Crippen molar-refractivity contribution in [1.29, 1.82) is 0 Å². The number of rotatable bonds is 7. The van der Waals surface area contributed by atoms with Crippen molar-refractivity contribution in [3.05, 3.63) is 0 Å². The average molecular weight is 292 g/mol. The first-order chi connectivity index (χ1) is 8.60. The van der Waals surface area contributed by atoms with E-state index in [0.29, 0.717) is 19.5 Å². The first kappa shape index (κ1) is 18.2. The molecule has 19 heavy (non-hydrogen) atoms. The molecule has 0 saturated carbocycles. The van der Waals surface area contributed by atoms with Crippen molar-refractivity contribution in [3.8, 4) is 0 Å². The van der Waals surface area contributed by atoms with Gasteiger partial charge in [-0.1, -0.05) is 13.3 Å². The topological polar surface area (TPSA) is 61.4 Å². The zero-order valence-electron chi connectivity index (χ0n) is 12.1. The predicted octanol–water partition coefficient (Wildman–Crippen LogP) is 0.781. The van der Waals surface area contributed by atoms with Crippen LogP contribution in [0, 0.1) is 5.92 Å². The number of carbonyl (C=O) groups excluding carboxylic acids is 2. The van der Waals surface area contributed by atoms with E-state index in [1.165, 1.54) is 0 Å². The van der Waals surface area contributed by atoms with Crippen molar-refractivity contribution >= 4 is 24.2 Å². The fourth-order valence-corrected chi connectivity index (χ4v) is 2.36. The van der Waals surface area contributed by atoms with Crippen LogP contribution in [0.25, 0.3) is 0 Å². The molecule has 0 aromatic rings. The summed E-state index contributed by atoms with van der Waals surface area (Å²) in [5.41, 5.74) is 0. The molecule has 0 aliphatic carbocycles. The lowest BCUT2D eigenvalue weighted by Gasteiger charge is -2.24. The van der Waals surface area contributed by atoms with Gasteiger partial charge >= 0.3 is 0 Å². The van der Waals surface area contributed by atoms with E-state index in [-0.39, 0.29) is 36.2 Å². The quantitative estimate of drug-likeness (QED) is 0.682. The molecule has 2 N–H and O–H groups in total. The van der Waals surface area contributed by atoms with Gasteiger partial charge in [0.25, 0.3) is 0 Å². The zero-order chi connectivity index (χ0) is 13.5. The van der Waals surface area contributed by atoms with Crippen LogP contribution < -0.4 is 10.6 Å². The molecule has 5 nitrogen and oxygen atoms in total. The van der Waals surface area contributed by atoms with Gasteiger partial charge in [0.15, 0.2) is 0 Å².